The predicted octanol–water partition coefficient (Wildman–Crippen LogP) is 2.81. The normalized spacial score (nSPS) is 15.8. The topological polar surface area (TPSA) is 59.6 Å². The number of carbonyl (C=O) groups excluding carboxylic acids is 1. The van der Waals surface area contributed by atoms with Crippen LogP contribution in [0, 0.1) is 6.92 Å². The molecule has 0 aromatic heterocycles. The molecule has 0 saturated carbocycles. The van der Waals surface area contributed by atoms with Crippen LogP contribution in [0.5, 0.6) is 11.5 Å². The number of carbonyl (C=O) groups is 1. The molecule has 0 radical (unpaired) electrons. The molecule has 24 heavy (non-hydrogen) atoms. The maximum atomic E-state index is 12.1. The van der Waals surface area contributed by atoms with Gasteiger partial charge in [-0.3, -0.25) is 0 Å². The third-order valence-corrected chi connectivity index (χ3v) is 4.08. The molecule has 126 valence electrons. The average Bonchev–Trinajstić information content (AvgIpc) is 2.60. The Morgan fingerprint density at radius 2 is 2.04 bits per heavy atom. The van der Waals surface area contributed by atoms with Crippen LogP contribution in [0.4, 0.5) is 4.79 Å². The number of benzene rings is 2. The highest BCUT2D eigenvalue weighted by Gasteiger charge is 2.21. The van der Waals surface area contributed by atoms with Crippen LogP contribution >= 0.6 is 0 Å². The highest BCUT2D eigenvalue weighted by Crippen LogP contribution is 2.28. The number of fused-ring (bicyclic) bond motifs is 1. The lowest BCUT2D eigenvalue weighted by molar-refractivity contribution is 0.214. The summed E-state index contributed by atoms with van der Waals surface area (Å²) in [4.78, 5) is 12.1. The van der Waals surface area contributed by atoms with Gasteiger partial charge >= 0.3 is 6.03 Å². The molecule has 5 heteroatoms. The number of amides is 2. The number of aryl methyl sites for hydroxylation is 1. The van der Waals surface area contributed by atoms with Gasteiger partial charge in [0.1, 0.15) is 18.1 Å². The van der Waals surface area contributed by atoms with Crippen molar-refractivity contribution in [2.45, 2.75) is 25.9 Å². The van der Waals surface area contributed by atoms with E-state index in [0.717, 1.165) is 29.0 Å². The Morgan fingerprint density at radius 1 is 1.25 bits per heavy atom. The molecule has 2 aromatic carbocycles. The van der Waals surface area contributed by atoms with E-state index in [1.807, 2.05) is 49.4 Å². The van der Waals surface area contributed by atoms with Gasteiger partial charge in [0.05, 0.1) is 13.2 Å². The zero-order chi connectivity index (χ0) is 16.9. The van der Waals surface area contributed by atoms with Crippen LogP contribution in [0.15, 0.2) is 42.5 Å². The van der Waals surface area contributed by atoms with E-state index >= 15 is 0 Å². The van der Waals surface area contributed by atoms with Crippen LogP contribution in [0.25, 0.3) is 0 Å². The fraction of sp³-hybridized carbons (Fsp3) is 0.316. The number of hydrogen-bond donors (Lipinski definition) is 2. The summed E-state index contributed by atoms with van der Waals surface area (Å²) < 4.78 is 11.0. The van der Waals surface area contributed by atoms with Gasteiger partial charge in [-0.05, 0) is 42.7 Å². The van der Waals surface area contributed by atoms with E-state index in [0.29, 0.717) is 13.2 Å². The van der Waals surface area contributed by atoms with Gasteiger partial charge in [0.2, 0.25) is 0 Å². The molecule has 0 fully saturated rings. The molecule has 0 aliphatic carbocycles. The van der Waals surface area contributed by atoms with E-state index in [1.165, 1.54) is 5.56 Å². The van der Waals surface area contributed by atoms with Crippen molar-refractivity contribution in [3.8, 4) is 11.5 Å². The molecule has 2 aromatic rings. The zero-order valence-corrected chi connectivity index (χ0v) is 14.0. The molecule has 1 aliphatic heterocycles. The fourth-order valence-corrected chi connectivity index (χ4v) is 2.72. The minimum absolute atomic E-state index is 0.0531. The van der Waals surface area contributed by atoms with Crippen molar-refractivity contribution in [1.82, 2.24) is 10.6 Å². The molecular formula is C19H22N2O3. The van der Waals surface area contributed by atoms with Crippen molar-refractivity contribution in [2.24, 2.45) is 0 Å². The molecule has 0 saturated heterocycles. The molecule has 2 amide bonds. The van der Waals surface area contributed by atoms with Gasteiger partial charge in [0, 0.05) is 6.54 Å². The van der Waals surface area contributed by atoms with Crippen molar-refractivity contribution in [3.63, 3.8) is 0 Å². The number of methoxy groups -OCH3 is 1. The van der Waals surface area contributed by atoms with Crippen LogP contribution in [0.2, 0.25) is 0 Å². The Balaban J connectivity index is 1.52. The minimum Gasteiger partial charge on any atom is -0.497 e. The lowest BCUT2D eigenvalue weighted by Crippen LogP contribution is -2.47. The quantitative estimate of drug-likeness (QED) is 0.908. The van der Waals surface area contributed by atoms with Crippen molar-refractivity contribution < 1.29 is 14.3 Å². The van der Waals surface area contributed by atoms with E-state index in [4.69, 9.17) is 9.47 Å². The molecule has 0 spiro atoms. The molecule has 1 atom stereocenters. The average molecular weight is 326 g/mol. The monoisotopic (exact) mass is 326 g/mol. The predicted molar refractivity (Wildman–Crippen MR) is 92.5 cm³/mol. The van der Waals surface area contributed by atoms with Crippen LogP contribution in [-0.4, -0.2) is 25.8 Å². The largest absolute Gasteiger partial charge is 0.497 e. The second kappa shape index (κ2) is 7.25. The Bertz CT molecular complexity index is 713. The lowest BCUT2D eigenvalue weighted by Gasteiger charge is -2.26. The minimum atomic E-state index is -0.185. The van der Waals surface area contributed by atoms with E-state index in [2.05, 4.69) is 10.6 Å². The first kappa shape index (κ1) is 16.2. The smallest absolute Gasteiger partial charge is 0.315 e. The maximum Gasteiger partial charge on any atom is 0.315 e. The molecule has 2 N–H and O–H groups in total. The third kappa shape index (κ3) is 3.98. The van der Waals surface area contributed by atoms with Crippen molar-refractivity contribution in [3.05, 3.63) is 59.2 Å². The molecule has 1 heterocycles. The first-order valence-electron chi connectivity index (χ1n) is 8.03. The second-order valence-corrected chi connectivity index (χ2v) is 6.00. The van der Waals surface area contributed by atoms with Gasteiger partial charge in [-0.1, -0.05) is 29.8 Å². The Kier molecular flexibility index (Phi) is 4.89. The van der Waals surface area contributed by atoms with Crippen LogP contribution in [0.1, 0.15) is 16.7 Å². The number of nitrogens with one attached hydrogen (secondary N) is 2. The van der Waals surface area contributed by atoms with E-state index in [9.17, 15) is 4.79 Å². The molecule has 3 rings (SSSR count). The van der Waals surface area contributed by atoms with Crippen molar-refractivity contribution in [2.75, 3.05) is 13.7 Å². The van der Waals surface area contributed by atoms with Crippen LogP contribution < -0.4 is 20.1 Å². The highest BCUT2D eigenvalue weighted by atomic mass is 16.5. The van der Waals surface area contributed by atoms with Gasteiger partial charge in [-0.25, -0.2) is 4.79 Å². The van der Waals surface area contributed by atoms with Gasteiger partial charge in [-0.15, -0.1) is 0 Å². The summed E-state index contributed by atoms with van der Waals surface area (Å²) in [6.45, 7) is 3.02. The molecule has 0 unspecified atom stereocenters. The fourth-order valence-electron chi connectivity index (χ4n) is 2.72. The van der Waals surface area contributed by atoms with Crippen LogP contribution in [0.3, 0.4) is 0 Å². The summed E-state index contributed by atoms with van der Waals surface area (Å²) >= 11 is 0. The van der Waals surface area contributed by atoms with E-state index in [-0.39, 0.29) is 12.1 Å². The molecule has 1 aliphatic rings. The number of rotatable bonds is 4. The summed E-state index contributed by atoms with van der Waals surface area (Å²) in [5.74, 6) is 1.65. The van der Waals surface area contributed by atoms with Crippen molar-refractivity contribution >= 4 is 6.03 Å². The van der Waals surface area contributed by atoms with Gasteiger partial charge in [-0.2, -0.15) is 0 Å². The number of hydrogen-bond acceptors (Lipinski definition) is 3. The highest BCUT2D eigenvalue weighted by molar-refractivity contribution is 5.74. The number of urea groups is 1. The van der Waals surface area contributed by atoms with E-state index < -0.39 is 0 Å². The molecule has 5 nitrogen and oxygen atoms in total. The first-order valence-corrected chi connectivity index (χ1v) is 8.03. The Hall–Kier alpha value is -2.69. The Labute approximate surface area is 142 Å². The summed E-state index contributed by atoms with van der Waals surface area (Å²) in [6, 6.07) is 13.6. The Morgan fingerprint density at radius 3 is 2.79 bits per heavy atom. The molecule has 0 bridgehead atoms. The van der Waals surface area contributed by atoms with Gasteiger partial charge in [0.25, 0.3) is 0 Å². The summed E-state index contributed by atoms with van der Waals surface area (Å²) in [5, 5.41) is 5.84. The summed E-state index contributed by atoms with van der Waals surface area (Å²) in [5.41, 5.74) is 3.33. The molecular weight excluding hydrogens is 304 g/mol. The number of ether oxygens (including phenoxy) is 2. The summed E-state index contributed by atoms with van der Waals surface area (Å²) in [7, 11) is 1.64. The SMILES string of the molecule is COc1ccc2c(c1)C[C@@H](NC(=O)NCc1ccc(C)cc1)CO2. The maximum absolute atomic E-state index is 12.1. The van der Waals surface area contributed by atoms with E-state index in [1.54, 1.807) is 7.11 Å². The third-order valence-electron chi connectivity index (χ3n) is 4.08. The standard InChI is InChI=1S/C19H22N2O3/c1-13-3-5-14(6-4-13)11-20-19(22)21-16-9-15-10-17(23-2)7-8-18(15)24-12-16/h3-8,10,16H,9,11-12H2,1-2H3,(H2,20,21,22)/t16-/m1/s1. The zero-order valence-electron chi connectivity index (χ0n) is 14.0. The first-order chi connectivity index (χ1) is 11.6. The van der Waals surface area contributed by atoms with Gasteiger partial charge < -0.3 is 20.1 Å². The second-order valence-electron chi connectivity index (χ2n) is 6.00. The van der Waals surface area contributed by atoms with Gasteiger partial charge in [0.15, 0.2) is 0 Å². The lowest BCUT2D eigenvalue weighted by atomic mass is 10.0. The van der Waals surface area contributed by atoms with Crippen molar-refractivity contribution in [1.29, 1.82) is 0 Å². The summed E-state index contributed by atoms with van der Waals surface area (Å²) in [6.07, 6.45) is 0.727. The van der Waals surface area contributed by atoms with Crippen LogP contribution in [-0.2, 0) is 13.0 Å².